The maximum absolute atomic E-state index is 14.2. The van der Waals surface area contributed by atoms with Crippen molar-refractivity contribution < 1.29 is 98.7 Å². The molecule has 0 saturated carbocycles. The number of nitrogens with zero attached hydrogens (tertiary/aromatic N) is 4. The Kier molecular flexibility index (Phi) is 21.0. The summed E-state index contributed by atoms with van der Waals surface area (Å²) in [5, 5.41) is 18.0. The standard InChI is InChI=1S/C15H21F2N3O6.C8H11BrF2O3.C7H11N3O3.C6H12O2.C2BrClF2O/c1-14(4-6-24-7-5-14)25-12(22)15(16,17)26-20-9-2-3-10(11(18)21)19(8-9)13(20)23;1-7(2-4-13-5-3-7)14-6(12)8(9,10)11;8-6(11)5-2-1-4-3-9(5)7(12)10(4)13;1-6(7)2-4-8-5-3-6;3-2(5,6)1(4)7/h9-10H,2-8H2,1H3,(H2,18,21);2-5H2,1H3;4-5,13H,1-3H2,(H2,8,11);7H,2-5H2,1H3;/t9-,10+;;4-,5+;;/m1.1../s1. The van der Waals surface area contributed by atoms with Gasteiger partial charge in [-0.05, 0) is 70.9 Å². The minimum absolute atomic E-state index is 0.0343. The van der Waals surface area contributed by atoms with E-state index in [1.807, 2.05) is 22.9 Å². The van der Waals surface area contributed by atoms with Crippen LogP contribution in [-0.2, 0) is 52.5 Å². The number of fused-ring (bicyclic) bond motifs is 4. The van der Waals surface area contributed by atoms with E-state index in [1.165, 1.54) is 4.90 Å². The molecule has 7 saturated heterocycles. The number of hydrogen-bond acceptors (Lipinski definition) is 15. The van der Waals surface area contributed by atoms with Gasteiger partial charge in [-0.15, -0.1) is 0 Å². The van der Waals surface area contributed by atoms with Crippen LogP contribution in [0.1, 0.15) is 85.0 Å². The smallest absolute Gasteiger partial charge is 0.454 e. The second-order valence-electron chi connectivity index (χ2n) is 17.2. The normalized spacial score (nSPS) is 25.9. The first-order chi connectivity index (χ1) is 31.2. The zero-order valence-corrected chi connectivity index (χ0v) is 41.0. The lowest BCUT2D eigenvalue weighted by atomic mass is 9.97. The molecule has 390 valence electrons. The van der Waals surface area contributed by atoms with E-state index in [4.69, 9.17) is 35.2 Å². The van der Waals surface area contributed by atoms with E-state index in [1.54, 1.807) is 29.8 Å². The molecule has 7 fully saturated rings. The van der Waals surface area contributed by atoms with Crippen molar-refractivity contribution in [2.24, 2.45) is 11.5 Å². The summed E-state index contributed by atoms with van der Waals surface area (Å²) in [5.74, 6) is -4.61. The molecule has 30 heteroatoms. The molecule has 7 aliphatic heterocycles. The zero-order valence-electron chi connectivity index (χ0n) is 37.1. The van der Waals surface area contributed by atoms with Gasteiger partial charge in [-0.1, -0.05) is 0 Å². The van der Waals surface area contributed by atoms with E-state index < -0.39 is 91.8 Å². The third-order valence-electron chi connectivity index (χ3n) is 11.6. The molecule has 0 unspecified atom stereocenters. The average Bonchev–Trinajstić information content (AvgIpc) is 3.59. The molecule has 6 amide bonds. The fourth-order valence-corrected chi connectivity index (χ4v) is 7.42. The summed E-state index contributed by atoms with van der Waals surface area (Å²) in [5.41, 5.74) is 8.01. The lowest BCUT2D eigenvalue weighted by molar-refractivity contribution is -0.333. The maximum Gasteiger partial charge on any atom is 0.477 e. The van der Waals surface area contributed by atoms with Crippen LogP contribution in [0.2, 0.25) is 0 Å². The van der Waals surface area contributed by atoms with Crippen molar-refractivity contribution in [2.45, 2.75) is 142 Å². The van der Waals surface area contributed by atoms with Crippen molar-refractivity contribution in [2.75, 3.05) is 52.7 Å². The van der Waals surface area contributed by atoms with Crippen LogP contribution in [-0.4, -0.2) is 181 Å². The van der Waals surface area contributed by atoms with Gasteiger partial charge < -0.3 is 50.1 Å². The second-order valence-corrected chi connectivity index (χ2v) is 19.6. The number of carbonyl (C=O) groups excluding carboxylic acids is 7. The number of hydroxylamine groups is 4. The lowest BCUT2D eigenvalue weighted by Crippen LogP contribution is -2.49. The first kappa shape index (κ1) is 59.0. The summed E-state index contributed by atoms with van der Waals surface area (Å²) >= 11 is 8.00. The number of esters is 2. The van der Waals surface area contributed by atoms with Gasteiger partial charge in [0, 0.05) is 83.8 Å². The third-order valence-corrected chi connectivity index (χ3v) is 12.7. The summed E-state index contributed by atoms with van der Waals surface area (Å²) < 4.78 is 101. The van der Waals surface area contributed by atoms with Crippen molar-refractivity contribution in [3.05, 3.63) is 0 Å². The van der Waals surface area contributed by atoms with Crippen molar-refractivity contribution in [3.8, 4) is 0 Å². The minimum atomic E-state index is -4.34. The monoisotopic (exact) mass is 1140 g/mol. The number of hydrogen-bond donors (Lipinski definition) is 4. The number of aliphatic hydroxyl groups is 1. The second kappa shape index (κ2) is 24.2. The van der Waals surface area contributed by atoms with E-state index in [9.17, 15) is 70.2 Å². The Morgan fingerprint density at radius 2 is 1.03 bits per heavy atom. The quantitative estimate of drug-likeness (QED) is 0.0838. The van der Waals surface area contributed by atoms with E-state index in [2.05, 4.69) is 16.4 Å². The highest BCUT2D eigenvalue weighted by molar-refractivity contribution is 9.10. The van der Waals surface area contributed by atoms with E-state index in [0.717, 1.165) is 17.7 Å². The van der Waals surface area contributed by atoms with Gasteiger partial charge >= 0.3 is 45.0 Å². The van der Waals surface area contributed by atoms with Crippen LogP contribution >= 0.6 is 43.5 Å². The van der Waals surface area contributed by atoms with Crippen LogP contribution in [0.3, 0.4) is 0 Å². The van der Waals surface area contributed by atoms with Crippen LogP contribution in [0.4, 0.5) is 35.9 Å². The number of rotatable bonds is 9. The summed E-state index contributed by atoms with van der Waals surface area (Å²) in [6, 6.07) is -3.68. The molecule has 0 spiro atoms. The Morgan fingerprint density at radius 3 is 1.40 bits per heavy atom. The van der Waals surface area contributed by atoms with E-state index in [0.29, 0.717) is 82.0 Å². The van der Waals surface area contributed by atoms with Crippen LogP contribution < -0.4 is 11.5 Å². The van der Waals surface area contributed by atoms with Crippen molar-refractivity contribution >= 4 is 84.5 Å². The predicted molar refractivity (Wildman–Crippen MR) is 226 cm³/mol. The van der Waals surface area contributed by atoms with Crippen LogP contribution in [0.15, 0.2) is 0 Å². The van der Waals surface area contributed by atoms with Crippen molar-refractivity contribution in [3.63, 3.8) is 0 Å². The number of urea groups is 2. The summed E-state index contributed by atoms with van der Waals surface area (Å²) in [6.45, 7) is 8.35. The van der Waals surface area contributed by atoms with Gasteiger partial charge in [-0.3, -0.25) is 19.6 Å². The van der Waals surface area contributed by atoms with Crippen LogP contribution in [0.25, 0.3) is 0 Å². The topological polar surface area (TPSA) is 280 Å². The molecular weight excluding hydrogens is 1090 g/mol. The third kappa shape index (κ3) is 17.2. The highest BCUT2D eigenvalue weighted by Crippen LogP contribution is 2.36. The van der Waals surface area contributed by atoms with Gasteiger partial charge in [0.25, 0.3) is 0 Å². The highest BCUT2D eigenvalue weighted by atomic mass is 79.9. The van der Waals surface area contributed by atoms with Gasteiger partial charge in [0.2, 0.25) is 11.8 Å². The maximum atomic E-state index is 14.2. The van der Waals surface area contributed by atoms with E-state index in [-0.39, 0.29) is 38.3 Å². The molecule has 0 aromatic carbocycles. The van der Waals surface area contributed by atoms with Crippen LogP contribution in [0.5, 0.6) is 0 Å². The van der Waals surface area contributed by atoms with Gasteiger partial charge in [0.15, 0.2) is 0 Å². The molecule has 0 aromatic rings. The summed E-state index contributed by atoms with van der Waals surface area (Å²) in [4.78, 5) is 77.8. The Bertz CT molecular complexity index is 1800. The number of piperidine rings is 2. The molecule has 7 heterocycles. The van der Waals surface area contributed by atoms with Gasteiger partial charge in [0.1, 0.15) is 23.3 Å². The number of amides is 6. The number of primary amides is 2. The lowest BCUT2D eigenvalue weighted by Gasteiger charge is -2.34. The van der Waals surface area contributed by atoms with Crippen molar-refractivity contribution in [1.29, 1.82) is 0 Å². The minimum Gasteiger partial charge on any atom is -0.454 e. The number of halogens is 9. The highest BCUT2D eigenvalue weighted by Gasteiger charge is 2.55. The largest absolute Gasteiger partial charge is 0.477 e. The van der Waals surface area contributed by atoms with Gasteiger partial charge in [-0.2, -0.15) is 36.2 Å². The predicted octanol–water partition coefficient (Wildman–Crippen LogP) is 3.88. The Hall–Kier alpha value is -3.32. The number of nitrogens with two attached hydrogens (primary N) is 2. The van der Waals surface area contributed by atoms with Gasteiger partial charge in [-0.25, -0.2) is 24.2 Å². The molecule has 6 N–H and O–H groups in total. The Morgan fingerprint density at radius 1 is 0.662 bits per heavy atom. The fraction of sp³-hybridized carbons (Fsp3) is 0.816. The van der Waals surface area contributed by atoms with Crippen molar-refractivity contribution in [1.82, 2.24) is 19.9 Å². The molecule has 7 rings (SSSR count). The van der Waals surface area contributed by atoms with Crippen LogP contribution in [0, 0.1) is 0 Å². The first-order valence-corrected chi connectivity index (χ1v) is 23.0. The summed E-state index contributed by atoms with van der Waals surface area (Å²) in [6.07, 6.45) is 0.384. The Balaban J connectivity index is 0.000000247. The Labute approximate surface area is 407 Å². The molecule has 0 aromatic heterocycles. The fourth-order valence-electron chi connectivity index (χ4n) is 7.34. The molecule has 4 bridgehead atoms. The molecule has 0 radical (unpaired) electrons. The van der Waals surface area contributed by atoms with Gasteiger partial charge in [0.05, 0.1) is 44.1 Å². The molecule has 21 nitrogen and oxygen atoms in total. The summed E-state index contributed by atoms with van der Waals surface area (Å²) in [7, 11) is 0. The SMILES string of the molecule is CC1(O)CCOCC1.CC1(OC(=O)C(F)(F)Br)CCOCC1.CC1(OC(=O)C(F)(F)ON2C(=O)N3C[C@H]2CC[C@H]3C(N)=O)CCOCC1.NC(=O)[C@@H]1CC[C@@H]2CN1C(=O)N2O.O=C(Cl)C(F)(F)Br. The number of alkyl halides is 8. The zero-order chi connectivity index (χ0) is 51.6. The first-order valence-electron chi connectivity index (χ1n) is 21.0. The molecular formula is C38H55Br2ClF6N6O15. The average molecular weight is 1150 g/mol. The number of ether oxygens (including phenoxy) is 5. The molecule has 0 aliphatic carbocycles. The number of carbonyl (C=O) groups is 7. The molecule has 4 atom stereocenters. The molecule has 68 heavy (non-hydrogen) atoms. The molecule has 7 aliphatic rings. The van der Waals surface area contributed by atoms with E-state index >= 15 is 0 Å².